The van der Waals surface area contributed by atoms with Crippen LogP contribution >= 0.6 is 0 Å². The number of nitrogens with one attached hydrogen (secondary N) is 1. The zero-order chi connectivity index (χ0) is 52.3. The smallest absolute Gasteiger partial charge is 0.188 e. The van der Waals surface area contributed by atoms with Crippen LogP contribution in [0, 0.1) is 58.2 Å². The number of aliphatic hydroxyl groups is 4. The van der Waals surface area contributed by atoms with Crippen molar-refractivity contribution in [2.75, 3.05) is 40.0 Å². The molecule has 2 spiro atoms. The predicted molar refractivity (Wildman–Crippen MR) is 289 cm³/mol. The summed E-state index contributed by atoms with van der Waals surface area (Å²) in [5.41, 5.74) is 13.1. The summed E-state index contributed by atoms with van der Waals surface area (Å²) in [6.45, 7) is 8.05. The van der Waals surface area contributed by atoms with Gasteiger partial charge in [0, 0.05) is 67.7 Å². The Morgan fingerprint density at radius 1 is 0.840 bits per heavy atom. The minimum absolute atomic E-state index is 0.00174. The van der Waals surface area contributed by atoms with Crippen LogP contribution < -0.4 is 25.3 Å². The van der Waals surface area contributed by atoms with Crippen LogP contribution in [0.5, 0.6) is 28.7 Å². The molecule has 406 valence electrons. The summed E-state index contributed by atoms with van der Waals surface area (Å²) in [6.07, 6.45) is 17.3. The van der Waals surface area contributed by atoms with Gasteiger partial charge in [0.05, 0.1) is 32.0 Å². The van der Waals surface area contributed by atoms with Crippen LogP contribution in [0.3, 0.4) is 0 Å². The van der Waals surface area contributed by atoms with Crippen molar-refractivity contribution in [2.24, 2.45) is 68.9 Å². The van der Waals surface area contributed by atoms with Crippen molar-refractivity contribution in [3.05, 3.63) is 88.5 Å². The number of nitrogens with zero attached hydrogens (tertiary/aromatic N) is 1. The average molecular weight is 1030 g/mol. The number of phenolic OH excluding ortho intramolecular Hbond substituents is 2. The van der Waals surface area contributed by atoms with Crippen LogP contribution in [-0.4, -0.2) is 101 Å². The summed E-state index contributed by atoms with van der Waals surface area (Å²) in [6, 6.07) is 11.3. The Morgan fingerprint density at radius 2 is 1.64 bits per heavy atom. The molecule has 75 heavy (non-hydrogen) atoms. The Balaban J connectivity index is 1.03. The van der Waals surface area contributed by atoms with E-state index in [9.17, 15) is 30.6 Å². The number of aliphatic hydroxyl groups excluding tert-OH is 4. The molecular weight excluding hydrogens is 947 g/mol. The summed E-state index contributed by atoms with van der Waals surface area (Å²) in [7, 11) is 1.70. The van der Waals surface area contributed by atoms with E-state index in [1.807, 2.05) is 18.2 Å². The molecule has 12 bridgehead atoms. The molecule has 11 aliphatic rings. The van der Waals surface area contributed by atoms with Gasteiger partial charge in [-0.05, 0) is 169 Å². The second-order valence-electron chi connectivity index (χ2n) is 24.7. The molecule has 3 aromatic rings. The molecular formula is C62H83N3O10. The largest absolute Gasteiger partial charge is 0.508 e. The van der Waals surface area contributed by atoms with Gasteiger partial charge in [-0.1, -0.05) is 64.0 Å². The Labute approximate surface area is 443 Å². The van der Waals surface area contributed by atoms with Gasteiger partial charge in [0.15, 0.2) is 17.5 Å². The molecule has 6 aliphatic heterocycles. The quantitative estimate of drug-likeness (QED) is 0.109. The standard InChI is InChI=1S/C62H83N3O10/c1-5-35-20-38-10-9-37(35)21-44(68)28-62(16-6-15-61(62)17-18-73-45(29-61)32-67)33-65-60(63)64-30-40-11-7-36-8-12-41(31-66)55(40)59(36)75-53-25-39(13-14-49(53)69)58-51(71)26-48-52(74-58)27-54(72-4)57-47-23-43(19-34(2)3)50(70)24-42(47)22-46(38)56(48)57/h7,9-11,13-14,23-25,27,34-38,40-41,44-46,51,55,58-59,66-71H,5-6,8,12,15-22,26,28-33H2,1-4H3,(H3,63,64,65)/t35-,36-,37+,38+,40-,41+,44-,45-,46+,51-,55+,58+,59-,61-,62-/m1/s1. The van der Waals surface area contributed by atoms with Crippen molar-refractivity contribution in [3.8, 4) is 39.9 Å². The van der Waals surface area contributed by atoms with Gasteiger partial charge in [-0.2, -0.15) is 0 Å². The van der Waals surface area contributed by atoms with Crippen LogP contribution in [0.15, 0.2) is 65.7 Å². The Hall–Kier alpha value is -4.79. The van der Waals surface area contributed by atoms with E-state index in [1.54, 1.807) is 19.2 Å². The molecule has 13 nitrogen and oxygen atoms in total. The Kier molecular flexibility index (Phi) is 14.8. The van der Waals surface area contributed by atoms with E-state index < -0.39 is 18.3 Å². The van der Waals surface area contributed by atoms with E-state index in [-0.39, 0.29) is 83.4 Å². The molecule has 3 aromatic carbocycles. The number of hydrogen-bond donors (Lipinski definition) is 8. The SMILES string of the molecule is CC[C@@H]1C[C@@H]2C=C[C@H]1C[C@@H](O)C[C@]1(CCC[C@]13CCO[C@@H](CO)C3)CN=C(N)NC[C@H]1C=C[C@@H]3CC[C@@H](CO)[C@H]1[C@@H]3Oc1cc(ccc1O)[C@@H]1Oc3cc(OC)c4c(c3C[C@H]1O)[C@H]2Cc1cc(O)c(CC(C)C)cc1-4. The zero-order valence-electron chi connectivity index (χ0n) is 44.6. The lowest BCUT2D eigenvalue weighted by atomic mass is 9.57. The lowest BCUT2D eigenvalue weighted by molar-refractivity contribution is -0.116. The van der Waals surface area contributed by atoms with Crippen LogP contribution in [0.1, 0.15) is 131 Å². The van der Waals surface area contributed by atoms with Crippen LogP contribution in [0.2, 0.25) is 0 Å². The molecule has 15 atom stereocenters. The van der Waals surface area contributed by atoms with Gasteiger partial charge in [0.2, 0.25) is 0 Å². The molecule has 2 saturated carbocycles. The van der Waals surface area contributed by atoms with Crippen LogP contribution in [0.25, 0.3) is 11.1 Å². The lowest BCUT2D eigenvalue weighted by Crippen LogP contribution is -2.52. The van der Waals surface area contributed by atoms with E-state index >= 15 is 0 Å². The van der Waals surface area contributed by atoms with E-state index in [0.717, 1.165) is 97.6 Å². The number of allylic oxidation sites excluding steroid dienone is 2. The summed E-state index contributed by atoms with van der Waals surface area (Å²) in [5, 5.41) is 72.8. The first-order chi connectivity index (χ1) is 36.2. The number of methoxy groups -OCH3 is 1. The van der Waals surface area contributed by atoms with Crippen molar-refractivity contribution >= 4 is 5.96 Å². The highest BCUT2D eigenvalue weighted by Gasteiger charge is 2.57. The number of ether oxygens (including phenoxy) is 4. The topological polar surface area (TPSA) is 209 Å². The molecule has 3 fully saturated rings. The number of aliphatic imine (C=N–C) groups is 1. The van der Waals surface area contributed by atoms with Crippen molar-refractivity contribution in [1.29, 1.82) is 0 Å². The minimum atomic E-state index is -0.934. The monoisotopic (exact) mass is 1030 g/mol. The molecule has 0 unspecified atom stereocenters. The molecule has 14 rings (SSSR count). The lowest BCUT2D eigenvalue weighted by Gasteiger charge is -2.51. The van der Waals surface area contributed by atoms with E-state index in [2.05, 4.69) is 56.5 Å². The number of nitrogens with two attached hydrogens (primary N) is 1. The van der Waals surface area contributed by atoms with E-state index in [4.69, 9.17) is 29.7 Å². The number of guanidine groups is 1. The van der Waals surface area contributed by atoms with Crippen molar-refractivity contribution in [3.63, 3.8) is 0 Å². The number of benzene rings is 3. The molecule has 13 heteroatoms. The van der Waals surface area contributed by atoms with Crippen molar-refractivity contribution < 1.29 is 49.6 Å². The molecule has 0 aromatic heterocycles. The van der Waals surface area contributed by atoms with Gasteiger partial charge in [0.25, 0.3) is 0 Å². The highest BCUT2D eigenvalue weighted by molar-refractivity contribution is 5.84. The first-order valence-electron chi connectivity index (χ1n) is 28.6. The zero-order valence-corrected chi connectivity index (χ0v) is 44.6. The minimum Gasteiger partial charge on any atom is -0.508 e. The van der Waals surface area contributed by atoms with E-state index in [1.165, 1.54) is 0 Å². The number of rotatable bonds is 6. The summed E-state index contributed by atoms with van der Waals surface area (Å²) < 4.78 is 26.4. The van der Waals surface area contributed by atoms with Crippen LogP contribution in [0.4, 0.5) is 0 Å². The summed E-state index contributed by atoms with van der Waals surface area (Å²) >= 11 is 0. The first kappa shape index (κ1) is 52.3. The number of aromatic hydroxyl groups is 2. The summed E-state index contributed by atoms with van der Waals surface area (Å²) in [5.74, 6) is 3.02. The molecule has 0 amide bonds. The maximum absolute atomic E-state index is 12.5. The third-order valence-electron chi connectivity index (χ3n) is 20.0. The van der Waals surface area contributed by atoms with Gasteiger partial charge in [-0.3, -0.25) is 4.99 Å². The van der Waals surface area contributed by atoms with Gasteiger partial charge >= 0.3 is 0 Å². The average Bonchev–Trinajstić information content (AvgIpc) is 3.75. The number of hydrogen-bond acceptors (Lipinski definition) is 13. The fourth-order valence-corrected chi connectivity index (χ4v) is 16.3. The maximum Gasteiger partial charge on any atom is 0.188 e. The predicted octanol–water partition coefficient (Wildman–Crippen LogP) is 8.82. The second kappa shape index (κ2) is 21.2. The summed E-state index contributed by atoms with van der Waals surface area (Å²) in [4.78, 5) is 5.15. The molecule has 5 aliphatic carbocycles. The Morgan fingerprint density at radius 3 is 2.43 bits per heavy atom. The number of phenols is 2. The van der Waals surface area contributed by atoms with E-state index in [0.29, 0.717) is 91.7 Å². The van der Waals surface area contributed by atoms with Crippen molar-refractivity contribution in [1.82, 2.24) is 5.32 Å². The molecule has 0 radical (unpaired) electrons. The normalized spacial score (nSPS) is 36.2. The van der Waals surface area contributed by atoms with Gasteiger partial charge in [-0.25, -0.2) is 0 Å². The van der Waals surface area contributed by atoms with Gasteiger partial charge < -0.3 is 60.6 Å². The third kappa shape index (κ3) is 9.63. The highest BCUT2D eigenvalue weighted by atomic mass is 16.5. The number of fused-ring (bicyclic) bond motifs is 2. The second-order valence-corrected chi connectivity index (χ2v) is 24.7. The highest BCUT2D eigenvalue weighted by Crippen LogP contribution is 2.62. The fourth-order valence-electron chi connectivity index (χ4n) is 16.3. The van der Waals surface area contributed by atoms with Crippen molar-refractivity contribution in [2.45, 2.75) is 147 Å². The first-order valence-corrected chi connectivity index (χ1v) is 28.6. The molecule has 1 saturated heterocycles. The molecule has 9 N–H and O–H groups in total. The van der Waals surface area contributed by atoms with Gasteiger partial charge in [-0.15, -0.1) is 0 Å². The molecule has 6 heterocycles. The Bertz CT molecular complexity index is 2670. The van der Waals surface area contributed by atoms with Gasteiger partial charge in [0.1, 0.15) is 29.5 Å². The fraction of sp³-hybridized carbons (Fsp3) is 0.629. The van der Waals surface area contributed by atoms with Crippen LogP contribution in [-0.2, 0) is 24.0 Å². The third-order valence-corrected chi connectivity index (χ3v) is 20.0. The maximum atomic E-state index is 12.5.